The molecule has 0 aromatic heterocycles. The van der Waals surface area contributed by atoms with E-state index in [1.807, 2.05) is 12.1 Å². The van der Waals surface area contributed by atoms with E-state index in [4.69, 9.17) is 23.2 Å². The average Bonchev–Trinajstić information content (AvgIpc) is 2.73. The van der Waals surface area contributed by atoms with Gasteiger partial charge in [0.2, 0.25) is 0 Å². The van der Waals surface area contributed by atoms with Crippen LogP contribution in [-0.4, -0.2) is 0 Å². The summed E-state index contributed by atoms with van der Waals surface area (Å²) in [5.74, 6) is -0.0870. The number of rotatable bonds is 2. The molecule has 2 unspecified atom stereocenters. The van der Waals surface area contributed by atoms with Gasteiger partial charge in [0, 0.05) is 0 Å². The molecule has 0 N–H and O–H groups in total. The molecule has 0 fully saturated rings. The van der Waals surface area contributed by atoms with Gasteiger partial charge in [0.25, 0.3) is 0 Å². The molecule has 0 spiro atoms. The van der Waals surface area contributed by atoms with Gasteiger partial charge in [-0.25, -0.2) is 4.39 Å². The molecule has 0 radical (unpaired) electrons. The Bertz CT molecular complexity index is 609. The van der Waals surface area contributed by atoms with Crippen molar-refractivity contribution in [3.63, 3.8) is 0 Å². The van der Waals surface area contributed by atoms with Crippen LogP contribution in [0.2, 0.25) is 5.02 Å². The predicted octanol–water partition coefficient (Wildman–Crippen LogP) is 5.17. The largest absolute Gasteiger partial charge is 0.205 e. The van der Waals surface area contributed by atoms with Crippen molar-refractivity contribution in [2.24, 2.45) is 5.92 Å². The molecule has 2 aromatic rings. The first-order chi connectivity index (χ1) is 9.16. The van der Waals surface area contributed by atoms with Gasteiger partial charge >= 0.3 is 0 Å². The lowest BCUT2D eigenvalue weighted by molar-refractivity contribution is 0.519. The second-order valence-electron chi connectivity index (χ2n) is 4.98. The SMILES string of the molecule is Fc1c(Cl)cccc1CC1Cc2ccccc2C1Cl. The van der Waals surface area contributed by atoms with Crippen molar-refractivity contribution in [3.8, 4) is 0 Å². The first-order valence-corrected chi connectivity index (χ1v) is 7.13. The monoisotopic (exact) mass is 294 g/mol. The van der Waals surface area contributed by atoms with Crippen molar-refractivity contribution >= 4 is 23.2 Å². The lowest BCUT2D eigenvalue weighted by atomic mass is 9.96. The number of fused-ring (bicyclic) bond motifs is 1. The maximum atomic E-state index is 13.9. The summed E-state index contributed by atoms with van der Waals surface area (Å²) in [5.41, 5.74) is 3.10. The van der Waals surface area contributed by atoms with Gasteiger partial charge in [-0.05, 0) is 41.5 Å². The molecule has 2 atom stereocenters. The molecular weight excluding hydrogens is 282 g/mol. The number of halogens is 3. The van der Waals surface area contributed by atoms with E-state index >= 15 is 0 Å². The van der Waals surface area contributed by atoms with Crippen molar-refractivity contribution < 1.29 is 4.39 Å². The molecule has 0 aliphatic heterocycles. The Morgan fingerprint density at radius 2 is 1.89 bits per heavy atom. The summed E-state index contributed by atoms with van der Waals surface area (Å²) >= 11 is 12.3. The van der Waals surface area contributed by atoms with E-state index in [0.717, 1.165) is 6.42 Å². The highest BCUT2D eigenvalue weighted by Crippen LogP contribution is 2.42. The van der Waals surface area contributed by atoms with Gasteiger partial charge in [0.15, 0.2) is 0 Å². The molecular formula is C16H13Cl2F. The van der Waals surface area contributed by atoms with E-state index < -0.39 is 0 Å². The molecule has 0 amide bonds. The highest BCUT2D eigenvalue weighted by atomic mass is 35.5. The van der Waals surface area contributed by atoms with Crippen LogP contribution in [0.4, 0.5) is 4.39 Å². The van der Waals surface area contributed by atoms with Crippen LogP contribution in [0, 0.1) is 11.7 Å². The Hall–Kier alpha value is -1.05. The molecule has 0 heterocycles. The standard InChI is InChI=1S/C16H13Cl2F/c17-14-7-3-5-11(16(14)19)9-12-8-10-4-1-2-6-13(10)15(12)18/h1-7,12,15H,8-9H2. The summed E-state index contributed by atoms with van der Waals surface area (Å²) in [7, 11) is 0. The van der Waals surface area contributed by atoms with Gasteiger partial charge in [0.05, 0.1) is 10.4 Å². The van der Waals surface area contributed by atoms with Crippen LogP contribution in [0.5, 0.6) is 0 Å². The summed E-state index contributed by atoms with van der Waals surface area (Å²) in [4.78, 5) is 0. The summed E-state index contributed by atoms with van der Waals surface area (Å²) in [6.45, 7) is 0. The zero-order valence-corrected chi connectivity index (χ0v) is 11.8. The van der Waals surface area contributed by atoms with Crippen molar-refractivity contribution in [1.82, 2.24) is 0 Å². The Morgan fingerprint density at radius 3 is 2.68 bits per heavy atom. The van der Waals surface area contributed by atoms with Crippen LogP contribution in [-0.2, 0) is 12.8 Å². The molecule has 1 aliphatic rings. The summed E-state index contributed by atoms with van der Waals surface area (Å²) in [6.07, 6.45) is 1.52. The smallest absolute Gasteiger partial charge is 0.144 e. The molecule has 0 saturated carbocycles. The van der Waals surface area contributed by atoms with Crippen LogP contribution >= 0.6 is 23.2 Å². The fourth-order valence-corrected chi connectivity index (χ4v) is 3.38. The van der Waals surface area contributed by atoms with Gasteiger partial charge in [-0.15, -0.1) is 11.6 Å². The van der Waals surface area contributed by atoms with Gasteiger partial charge in [-0.3, -0.25) is 0 Å². The first kappa shape index (κ1) is 13.0. The lowest BCUT2D eigenvalue weighted by Crippen LogP contribution is -2.08. The van der Waals surface area contributed by atoms with Crippen LogP contribution < -0.4 is 0 Å². The molecule has 3 rings (SSSR count). The van der Waals surface area contributed by atoms with Crippen molar-refractivity contribution in [2.75, 3.05) is 0 Å². The molecule has 0 saturated heterocycles. The first-order valence-electron chi connectivity index (χ1n) is 6.31. The zero-order valence-electron chi connectivity index (χ0n) is 10.2. The van der Waals surface area contributed by atoms with Gasteiger partial charge < -0.3 is 0 Å². The van der Waals surface area contributed by atoms with E-state index in [-0.39, 0.29) is 22.1 Å². The third kappa shape index (κ3) is 2.37. The van der Waals surface area contributed by atoms with E-state index in [9.17, 15) is 4.39 Å². The minimum atomic E-state index is -0.316. The van der Waals surface area contributed by atoms with Gasteiger partial charge in [0.1, 0.15) is 5.82 Å². The van der Waals surface area contributed by atoms with Crippen molar-refractivity contribution in [3.05, 3.63) is 70.0 Å². The molecule has 19 heavy (non-hydrogen) atoms. The number of hydrogen-bond donors (Lipinski definition) is 0. The van der Waals surface area contributed by atoms with Gasteiger partial charge in [-0.2, -0.15) is 0 Å². The Balaban J connectivity index is 1.85. The van der Waals surface area contributed by atoms with Crippen LogP contribution in [0.25, 0.3) is 0 Å². The van der Waals surface area contributed by atoms with Crippen molar-refractivity contribution in [1.29, 1.82) is 0 Å². The van der Waals surface area contributed by atoms with Crippen LogP contribution in [0.3, 0.4) is 0 Å². The quantitative estimate of drug-likeness (QED) is 0.670. The fraction of sp³-hybridized carbons (Fsp3) is 0.250. The Labute approximate surface area is 122 Å². The maximum Gasteiger partial charge on any atom is 0.144 e. The summed E-state index contributed by atoms with van der Waals surface area (Å²) in [5, 5.41) is 0.133. The van der Waals surface area contributed by atoms with E-state index in [1.165, 1.54) is 11.1 Å². The third-order valence-electron chi connectivity index (χ3n) is 3.76. The third-order valence-corrected chi connectivity index (χ3v) is 4.65. The maximum absolute atomic E-state index is 13.9. The molecule has 2 aromatic carbocycles. The van der Waals surface area contributed by atoms with Crippen LogP contribution in [0.1, 0.15) is 22.1 Å². The average molecular weight is 295 g/mol. The summed E-state index contributed by atoms with van der Waals surface area (Å²) < 4.78 is 13.9. The van der Waals surface area contributed by atoms with Gasteiger partial charge in [-0.1, -0.05) is 48.0 Å². The number of benzene rings is 2. The lowest BCUT2D eigenvalue weighted by Gasteiger charge is -2.15. The second kappa shape index (κ2) is 5.15. The molecule has 1 aliphatic carbocycles. The zero-order chi connectivity index (χ0) is 13.4. The number of alkyl halides is 1. The van der Waals surface area contributed by atoms with E-state index in [1.54, 1.807) is 18.2 Å². The Kier molecular flexibility index (Phi) is 3.51. The molecule has 3 heteroatoms. The number of hydrogen-bond acceptors (Lipinski definition) is 0. The van der Waals surface area contributed by atoms with E-state index in [0.29, 0.717) is 12.0 Å². The molecule has 0 nitrogen and oxygen atoms in total. The molecule has 98 valence electrons. The Morgan fingerprint density at radius 1 is 1.11 bits per heavy atom. The van der Waals surface area contributed by atoms with E-state index in [2.05, 4.69) is 12.1 Å². The second-order valence-corrected chi connectivity index (χ2v) is 5.86. The fourth-order valence-electron chi connectivity index (χ4n) is 2.79. The normalized spacial score (nSPS) is 21.4. The predicted molar refractivity (Wildman–Crippen MR) is 77.3 cm³/mol. The van der Waals surface area contributed by atoms with Crippen LogP contribution in [0.15, 0.2) is 42.5 Å². The topological polar surface area (TPSA) is 0 Å². The minimum absolute atomic E-state index is 0.0467. The summed E-state index contributed by atoms with van der Waals surface area (Å²) in [6, 6.07) is 13.3. The van der Waals surface area contributed by atoms with Crippen molar-refractivity contribution in [2.45, 2.75) is 18.2 Å². The minimum Gasteiger partial charge on any atom is -0.205 e. The molecule has 0 bridgehead atoms. The highest BCUT2D eigenvalue weighted by molar-refractivity contribution is 6.30. The highest BCUT2D eigenvalue weighted by Gasteiger charge is 2.31.